The van der Waals surface area contributed by atoms with Crippen molar-refractivity contribution in [2.45, 2.75) is 6.18 Å². The highest BCUT2D eigenvalue weighted by atomic mass is 127. The van der Waals surface area contributed by atoms with Crippen LogP contribution in [0.1, 0.15) is 11.1 Å². The van der Waals surface area contributed by atoms with Crippen LogP contribution in [0.3, 0.4) is 0 Å². The van der Waals surface area contributed by atoms with E-state index in [0.717, 1.165) is 12.1 Å². The van der Waals surface area contributed by atoms with Crippen molar-refractivity contribution in [1.29, 1.82) is 0 Å². The summed E-state index contributed by atoms with van der Waals surface area (Å²) in [4.78, 5) is 10.9. The molecule has 0 spiro atoms. The van der Waals surface area contributed by atoms with Crippen LogP contribution in [0.2, 0.25) is 0 Å². The van der Waals surface area contributed by atoms with E-state index in [1.807, 2.05) is 22.6 Å². The van der Waals surface area contributed by atoms with Crippen LogP contribution in [0.5, 0.6) is 0 Å². The van der Waals surface area contributed by atoms with Crippen molar-refractivity contribution in [2.24, 2.45) is 10.2 Å². The summed E-state index contributed by atoms with van der Waals surface area (Å²) in [7, 11) is 0. The first-order chi connectivity index (χ1) is 9.36. The highest BCUT2D eigenvalue weighted by Crippen LogP contribution is 2.30. The molecule has 0 aliphatic carbocycles. The average Bonchev–Trinajstić information content (AvgIpc) is 2.76. The van der Waals surface area contributed by atoms with Gasteiger partial charge in [0.2, 0.25) is 5.91 Å². The molecule has 0 unspecified atom stereocenters. The van der Waals surface area contributed by atoms with Crippen LogP contribution in [0.15, 0.2) is 28.4 Å². The molecule has 1 aliphatic heterocycles. The van der Waals surface area contributed by atoms with Crippen LogP contribution in [-0.2, 0) is 11.0 Å². The van der Waals surface area contributed by atoms with Crippen molar-refractivity contribution in [1.82, 2.24) is 5.32 Å². The smallest absolute Gasteiger partial charge is 0.303 e. The van der Waals surface area contributed by atoms with Crippen LogP contribution in [-0.4, -0.2) is 23.0 Å². The Morgan fingerprint density at radius 3 is 2.75 bits per heavy atom. The first-order valence-corrected chi connectivity index (χ1v) is 7.33. The maximum absolute atomic E-state index is 12.6. The Morgan fingerprint density at radius 1 is 1.40 bits per heavy atom. The zero-order valence-corrected chi connectivity index (χ0v) is 12.7. The Morgan fingerprint density at radius 2 is 2.15 bits per heavy atom. The zero-order valence-electron chi connectivity index (χ0n) is 9.74. The van der Waals surface area contributed by atoms with Crippen LogP contribution in [0, 0.1) is 3.57 Å². The molecule has 1 aromatic rings. The van der Waals surface area contributed by atoms with Crippen molar-refractivity contribution < 1.29 is 18.0 Å². The van der Waals surface area contributed by atoms with Crippen molar-refractivity contribution >= 4 is 51.6 Å². The normalized spacial score (nSPS) is 18.0. The van der Waals surface area contributed by atoms with Gasteiger partial charge in [0, 0.05) is 9.13 Å². The third-order valence-electron chi connectivity index (χ3n) is 2.26. The molecular weight excluding hydrogens is 406 g/mol. The van der Waals surface area contributed by atoms with Gasteiger partial charge in [-0.2, -0.15) is 18.3 Å². The van der Waals surface area contributed by atoms with Gasteiger partial charge in [-0.15, -0.1) is 5.10 Å². The fourth-order valence-corrected chi connectivity index (χ4v) is 2.45. The van der Waals surface area contributed by atoms with Gasteiger partial charge in [0.1, 0.15) is 0 Å². The van der Waals surface area contributed by atoms with Crippen molar-refractivity contribution in [3.63, 3.8) is 0 Å². The van der Waals surface area contributed by atoms with Gasteiger partial charge < -0.3 is 5.32 Å². The molecule has 2 rings (SSSR count). The summed E-state index contributed by atoms with van der Waals surface area (Å²) in [6.45, 7) is 0. The summed E-state index contributed by atoms with van der Waals surface area (Å²) in [5, 5.41) is 10.2. The third-order valence-corrected chi connectivity index (χ3v) is 4.10. The van der Waals surface area contributed by atoms with Gasteiger partial charge in [-0.25, -0.2) is 0 Å². The maximum Gasteiger partial charge on any atom is 0.416 e. The van der Waals surface area contributed by atoms with Crippen LogP contribution in [0.25, 0.3) is 0 Å². The van der Waals surface area contributed by atoms with Gasteiger partial charge in [-0.3, -0.25) is 4.79 Å². The molecule has 4 nitrogen and oxygen atoms in total. The first-order valence-electron chi connectivity index (χ1n) is 5.26. The number of amides is 1. The van der Waals surface area contributed by atoms with Crippen molar-refractivity contribution in [3.05, 3.63) is 32.9 Å². The molecule has 0 atom stereocenters. The largest absolute Gasteiger partial charge is 0.416 e. The van der Waals surface area contributed by atoms with Gasteiger partial charge in [-0.1, -0.05) is 11.8 Å². The lowest BCUT2D eigenvalue weighted by molar-refractivity contribution is -0.137. The number of nitrogens with one attached hydrogen (secondary N) is 1. The van der Waals surface area contributed by atoms with E-state index in [1.165, 1.54) is 24.0 Å². The predicted octanol–water partition coefficient (Wildman–Crippen LogP) is 2.86. The number of rotatable bonds is 2. The minimum atomic E-state index is -4.39. The Labute approximate surface area is 130 Å². The number of carbonyl (C=O) groups excluding carboxylic acids is 1. The molecule has 1 saturated heterocycles. The van der Waals surface area contributed by atoms with Gasteiger partial charge in [0.15, 0.2) is 5.17 Å². The zero-order chi connectivity index (χ0) is 14.8. The van der Waals surface area contributed by atoms with E-state index < -0.39 is 11.7 Å². The number of amidine groups is 1. The molecule has 1 aliphatic rings. The molecule has 106 valence electrons. The fourth-order valence-electron chi connectivity index (χ4n) is 1.34. The standard InChI is InChI=1S/C11H7F3IN3OS/c12-11(13,14)7-1-2-8(15)6(3-7)4-16-18-10-17-9(19)5-20-10/h1-4H,5H2,(H,17,18,19). The molecule has 0 radical (unpaired) electrons. The van der Waals surface area contributed by atoms with E-state index in [9.17, 15) is 18.0 Å². The highest BCUT2D eigenvalue weighted by molar-refractivity contribution is 14.1. The van der Waals surface area contributed by atoms with Crippen molar-refractivity contribution in [3.8, 4) is 0 Å². The molecule has 1 aromatic carbocycles. The Bertz CT molecular complexity index is 601. The Kier molecular flexibility index (Phi) is 4.68. The molecule has 1 fully saturated rings. The topological polar surface area (TPSA) is 53.8 Å². The van der Waals surface area contributed by atoms with Crippen LogP contribution in [0.4, 0.5) is 13.2 Å². The van der Waals surface area contributed by atoms with E-state index in [1.54, 1.807) is 0 Å². The monoisotopic (exact) mass is 413 g/mol. The van der Waals surface area contributed by atoms with E-state index in [4.69, 9.17) is 0 Å². The number of hydrogen-bond acceptors (Lipinski definition) is 4. The molecule has 1 heterocycles. The summed E-state index contributed by atoms with van der Waals surface area (Å²) in [5.41, 5.74) is -0.422. The molecule has 0 saturated carbocycles. The second kappa shape index (κ2) is 6.12. The Balaban J connectivity index is 2.18. The second-order valence-electron chi connectivity index (χ2n) is 3.72. The van der Waals surface area contributed by atoms with Crippen LogP contribution < -0.4 is 5.32 Å². The molecule has 9 heteroatoms. The third kappa shape index (κ3) is 3.95. The summed E-state index contributed by atoms with van der Waals surface area (Å²) in [5.74, 6) is 0.104. The number of benzene rings is 1. The number of hydrogen-bond donors (Lipinski definition) is 1. The summed E-state index contributed by atoms with van der Waals surface area (Å²) in [6, 6.07) is 3.38. The highest BCUT2D eigenvalue weighted by Gasteiger charge is 2.30. The fraction of sp³-hybridized carbons (Fsp3) is 0.182. The summed E-state index contributed by atoms with van der Waals surface area (Å²) in [6.07, 6.45) is -3.16. The van der Waals surface area contributed by atoms with E-state index in [2.05, 4.69) is 15.5 Å². The quantitative estimate of drug-likeness (QED) is 0.461. The Hall–Kier alpha value is -1.10. The number of alkyl halides is 3. The second-order valence-corrected chi connectivity index (χ2v) is 5.85. The van der Waals surface area contributed by atoms with Crippen molar-refractivity contribution in [2.75, 3.05) is 5.75 Å². The average molecular weight is 413 g/mol. The molecule has 0 aromatic heterocycles. The van der Waals surface area contributed by atoms with E-state index in [-0.39, 0.29) is 11.7 Å². The lowest BCUT2D eigenvalue weighted by Gasteiger charge is -2.07. The number of thioether (sulfide) groups is 1. The lowest BCUT2D eigenvalue weighted by Crippen LogP contribution is -2.19. The summed E-state index contributed by atoms with van der Waals surface area (Å²) < 4.78 is 38.4. The van der Waals surface area contributed by atoms with E-state index >= 15 is 0 Å². The lowest BCUT2D eigenvalue weighted by atomic mass is 10.1. The molecule has 0 bridgehead atoms. The SMILES string of the molecule is O=C1CSC(=NN=Cc2cc(C(F)(F)F)ccc2I)N1. The molecule has 20 heavy (non-hydrogen) atoms. The maximum atomic E-state index is 12.6. The molecular formula is C11H7F3IN3OS. The summed E-state index contributed by atoms with van der Waals surface area (Å²) >= 11 is 3.11. The minimum Gasteiger partial charge on any atom is -0.303 e. The van der Waals surface area contributed by atoms with Crippen LogP contribution >= 0.6 is 34.4 Å². The van der Waals surface area contributed by atoms with Gasteiger partial charge in [-0.05, 0) is 40.8 Å². The number of carbonyl (C=O) groups is 1. The predicted molar refractivity (Wildman–Crippen MR) is 79.8 cm³/mol. The van der Waals surface area contributed by atoms with Gasteiger partial charge in [0.05, 0.1) is 17.5 Å². The van der Waals surface area contributed by atoms with Gasteiger partial charge in [0.25, 0.3) is 0 Å². The number of nitrogens with zero attached hydrogens (tertiary/aromatic N) is 2. The van der Waals surface area contributed by atoms with Gasteiger partial charge >= 0.3 is 6.18 Å². The molecule has 1 N–H and O–H groups in total. The number of halogens is 4. The van der Waals surface area contributed by atoms with E-state index in [0.29, 0.717) is 14.3 Å². The molecule has 1 amide bonds. The minimum absolute atomic E-state index is 0.169. The first kappa shape index (κ1) is 15.3.